The number of nitrogens with zero attached hydrogens (tertiary/aromatic N) is 3. The van der Waals surface area contributed by atoms with E-state index in [1.54, 1.807) is 0 Å². The number of carbonyl (C=O) groups is 1. The van der Waals surface area contributed by atoms with E-state index in [0.717, 1.165) is 56.3 Å². The Labute approximate surface area is 193 Å². The second kappa shape index (κ2) is 9.45. The molecule has 1 amide bonds. The average molecular weight is 451 g/mol. The predicted molar refractivity (Wildman–Crippen MR) is 125 cm³/mol. The zero-order chi connectivity index (χ0) is 21.9. The number of piperazine rings is 1. The van der Waals surface area contributed by atoms with E-state index in [-0.39, 0.29) is 5.91 Å². The first kappa shape index (κ1) is 21.2. The van der Waals surface area contributed by atoms with E-state index in [4.69, 9.17) is 16.0 Å². The van der Waals surface area contributed by atoms with Crippen molar-refractivity contribution >= 4 is 23.2 Å². The molecule has 0 radical (unpaired) electrons. The summed E-state index contributed by atoms with van der Waals surface area (Å²) in [5.74, 6) is 0.348. The maximum Gasteiger partial charge on any atom is 0.277 e. The van der Waals surface area contributed by atoms with Gasteiger partial charge in [0.1, 0.15) is 6.26 Å². The quantitative estimate of drug-likeness (QED) is 0.603. The van der Waals surface area contributed by atoms with E-state index >= 15 is 0 Å². The molecule has 0 atom stereocenters. The third kappa shape index (κ3) is 5.04. The summed E-state index contributed by atoms with van der Waals surface area (Å²) in [5, 5.41) is 3.72. The molecule has 32 heavy (non-hydrogen) atoms. The molecule has 3 aromatic rings. The lowest BCUT2D eigenvalue weighted by atomic mass is 10.1. The minimum atomic E-state index is -0.231. The number of carbonyl (C=O) groups excluding carboxylic acids is 1. The van der Waals surface area contributed by atoms with Gasteiger partial charge in [0.15, 0.2) is 5.69 Å². The normalized spacial score (nSPS) is 16.8. The molecule has 7 heteroatoms. The first-order chi connectivity index (χ1) is 15.6. The highest BCUT2D eigenvalue weighted by Gasteiger charge is 2.20. The van der Waals surface area contributed by atoms with E-state index in [9.17, 15) is 4.79 Å². The lowest BCUT2D eigenvalue weighted by molar-refractivity contribution is 0.102. The van der Waals surface area contributed by atoms with Crippen LogP contribution in [0.15, 0.2) is 53.1 Å². The van der Waals surface area contributed by atoms with Crippen molar-refractivity contribution in [3.8, 4) is 0 Å². The minimum absolute atomic E-state index is 0.231. The Bertz CT molecular complexity index is 1090. The fraction of sp³-hybridized carbons (Fsp3) is 0.360. The summed E-state index contributed by atoms with van der Waals surface area (Å²) in [5.41, 5.74) is 5.13. The van der Waals surface area contributed by atoms with Gasteiger partial charge in [0.05, 0.1) is 6.54 Å². The van der Waals surface area contributed by atoms with Gasteiger partial charge >= 0.3 is 0 Å². The van der Waals surface area contributed by atoms with Crippen molar-refractivity contribution in [2.24, 2.45) is 0 Å². The molecule has 2 aromatic carbocycles. The molecule has 1 aromatic heterocycles. The number of aromatic nitrogens is 1. The van der Waals surface area contributed by atoms with Crippen molar-refractivity contribution in [3.63, 3.8) is 0 Å². The minimum Gasteiger partial charge on any atom is -0.447 e. The summed E-state index contributed by atoms with van der Waals surface area (Å²) in [6.07, 6.45) is 4.86. The van der Waals surface area contributed by atoms with Gasteiger partial charge in [-0.15, -0.1) is 0 Å². The lowest BCUT2D eigenvalue weighted by Gasteiger charge is -2.34. The smallest absolute Gasteiger partial charge is 0.277 e. The largest absolute Gasteiger partial charge is 0.447 e. The number of hydrogen-bond donors (Lipinski definition) is 1. The third-order valence-corrected chi connectivity index (χ3v) is 6.54. The van der Waals surface area contributed by atoms with Gasteiger partial charge in [-0.2, -0.15) is 0 Å². The Morgan fingerprint density at radius 3 is 2.47 bits per heavy atom. The number of fused-ring (bicyclic) bond motifs is 1. The van der Waals surface area contributed by atoms with E-state index in [0.29, 0.717) is 18.1 Å². The predicted octanol–water partition coefficient (Wildman–Crippen LogP) is 4.39. The monoisotopic (exact) mass is 450 g/mol. The molecular weight excluding hydrogens is 424 g/mol. The van der Waals surface area contributed by atoms with Crippen LogP contribution < -0.4 is 5.32 Å². The molecule has 6 nitrogen and oxygen atoms in total. The van der Waals surface area contributed by atoms with Crippen LogP contribution in [0.2, 0.25) is 5.02 Å². The van der Waals surface area contributed by atoms with Crippen molar-refractivity contribution in [1.29, 1.82) is 0 Å². The number of halogens is 1. The molecule has 1 fully saturated rings. The summed E-state index contributed by atoms with van der Waals surface area (Å²) < 4.78 is 5.59. The second-order valence-corrected chi connectivity index (χ2v) is 9.03. The van der Waals surface area contributed by atoms with Gasteiger partial charge in [-0.3, -0.25) is 14.6 Å². The first-order valence-electron chi connectivity index (χ1n) is 11.2. The van der Waals surface area contributed by atoms with Crippen LogP contribution in [0.1, 0.15) is 39.5 Å². The van der Waals surface area contributed by atoms with E-state index in [1.807, 2.05) is 18.2 Å². The molecule has 0 unspecified atom stereocenters. The molecule has 0 saturated carbocycles. The van der Waals surface area contributed by atoms with Crippen LogP contribution in [0.25, 0.3) is 0 Å². The molecule has 166 valence electrons. The van der Waals surface area contributed by atoms with Crippen LogP contribution in [-0.2, 0) is 25.9 Å². The Morgan fingerprint density at radius 1 is 0.969 bits per heavy atom. The van der Waals surface area contributed by atoms with Gasteiger partial charge in [-0.25, -0.2) is 4.98 Å². The van der Waals surface area contributed by atoms with Gasteiger partial charge in [0, 0.05) is 43.4 Å². The molecular formula is C25H27ClN4O2. The van der Waals surface area contributed by atoms with Crippen molar-refractivity contribution in [3.05, 3.63) is 82.0 Å². The molecule has 1 N–H and O–H groups in total. The van der Waals surface area contributed by atoms with Crippen LogP contribution in [0.5, 0.6) is 0 Å². The van der Waals surface area contributed by atoms with E-state index < -0.39 is 0 Å². The maximum atomic E-state index is 12.6. The summed E-state index contributed by atoms with van der Waals surface area (Å²) in [6.45, 7) is 5.38. The van der Waals surface area contributed by atoms with Crippen LogP contribution in [0.4, 0.5) is 5.69 Å². The Balaban J connectivity index is 1.11. The Morgan fingerprint density at radius 2 is 1.69 bits per heavy atom. The van der Waals surface area contributed by atoms with Crippen molar-refractivity contribution in [1.82, 2.24) is 14.8 Å². The van der Waals surface area contributed by atoms with Gasteiger partial charge in [-0.1, -0.05) is 29.8 Å². The van der Waals surface area contributed by atoms with Crippen LogP contribution in [-0.4, -0.2) is 46.9 Å². The Kier molecular flexibility index (Phi) is 6.26. The summed E-state index contributed by atoms with van der Waals surface area (Å²) in [6, 6.07) is 14.2. The fourth-order valence-corrected chi connectivity index (χ4v) is 4.60. The summed E-state index contributed by atoms with van der Waals surface area (Å²) in [4.78, 5) is 21.8. The zero-order valence-corrected chi connectivity index (χ0v) is 18.8. The molecule has 0 bridgehead atoms. The summed E-state index contributed by atoms with van der Waals surface area (Å²) in [7, 11) is 0. The molecule has 1 aliphatic heterocycles. The lowest BCUT2D eigenvalue weighted by Crippen LogP contribution is -2.45. The van der Waals surface area contributed by atoms with Crippen molar-refractivity contribution in [2.45, 2.75) is 32.4 Å². The first-order valence-corrected chi connectivity index (χ1v) is 11.6. The van der Waals surface area contributed by atoms with Gasteiger partial charge in [-0.05, 0) is 60.2 Å². The fourth-order valence-electron chi connectivity index (χ4n) is 4.48. The summed E-state index contributed by atoms with van der Waals surface area (Å²) >= 11 is 5.97. The van der Waals surface area contributed by atoms with Crippen molar-refractivity contribution in [2.75, 3.05) is 31.5 Å². The van der Waals surface area contributed by atoms with Crippen LogP contribution in [0, 0.1) is 0 Å². The number of aryl methyl sites for hydroxylation is 2. The van der Waals surface area contributed by atoms with Gasteiger partial charge in [0.25, 0.3) is 5.91 Å². The number of oxazole rings is 1. The second-order valence-electron chi connectivity index (χ2n) is 8.60. The highest BCUT2D eigenvalue weighted by molar-refractivity contribution is 6.30. The molecule has 2 aliphatic rings. The van der Waals surface area contributed by atoms with E-state index in [2.05, 4.69) is 44.4 Å². The van der Waals surface area contributed by atoms with Crippen molar-refractivity contribution < 1.29 is 9.21 Å². The molecule has 2 heterocycles. The molecule has 5 rings (SSSR count). The number of nitrogens with one attached hydrogen (secondary N) is 1. The van der Waals surface area contributed by atoms with Gasteiger partial charge in [0.2, 0.25) is 5.89 Å². The van der Waals surface area contributed by atoms with Crippen LogP contribution >= 0.6 is 11.6 Å². The Hall–Kier alpha value is -2.67. The standard InChI is InChI=1S/C25H27ClN4O2/c26-21-7-4-18(5-8-21)15-29-10-12-30(13-11-29)16-24-28-23(17-32-24)25(31)27-22-9-6-19-2-1-3-20(19)14-22/h4-9,14,17H,1-3,10-13,15-16H2,(H,27,31). The molecule has 1 aliphatic carbocycles. The SMILES string of the molecule is O=C(Nc1ccc2c(c1)CCC2)c1coc(CN2CCN(Cc3ccc(Cl)cc3)CC2)n1. The number of amides is 1. The third-order valence-electron chi connectivity index (χ3n) is 6.28. The highest BCUT2D eigenvalue weighted by atomic mass is 35.5. The molecule has 0 spiro atoms. The number of rotatable bonds is 6. The van der Waals surface area contributed by atoms with E-state index in [1.165, 1.54) is 29.4 Å². The zero-order valence-electron chi connectivity index (χ0n) is 18.0. The number of benzene rings is 2. The highest BCUT2D eigenvalue weighted by Crippen LogP contribution is 2.25. The van der Waals surface area contributed by atoms with Crippen LogP contribution in [0.3, 0.4) is 0 Å². The number of hydrogen-bond acceptors (Lipinski definition) is 5. The maximum absolute atomic E-state index is 12.6. The number of anilines is 1. The topological polar surface area (TPSA) is 61.6 Å². The van der Waals surface area contributed by atoms with Gasteiger partial charge < -0.3 is 9.73 Å². The molecule has 1 saturated heterocycles. The average Bonchev–Trinajstić information content (AvgIpc) is 3.46.